The van der Waals surface area contributed by atoms with Crippen molar-refractivity contribution < 1.29 is 18.9 Å². The van der Waals surface area contributed by atoms with Crippen LogP contribution in [0.5, 0.6) is 23.0 Å². The number of fused-ring (bicyclic) bond motifs is 2. The Morgan fingerprint density at radius 2 is 2.09 bits per heavy atom. The third-order valence-corrected chi connectivity index (χ3v) is 5.80. The van der Waals surface area contributed by atoms with E-state index in [1.165, 1.54) is 15.9 Å². The maximum absolute atomic E-state index is 12.9. The minimum Gasteiger partial charge on any atom is -0.493 e. The standard InChI is InChI=1S/C23H19N3O5S/c1-3-10-29-16-9-8-14(11-18(16)28-2)12-20-22(27)26-23(32-20)24-21(25-26)19-13-30-15-6-4-5-7-17(15)31-19/h3-9,11-12,19H,1,10,13H2,2H3/b20-12-/t19-/m1/s1. The van der Waals surface area contributed by atoms with Crippen molar-refractivity contribution in [1.82, 2.24) is 14.6 Å². The zero-order valence-corrected chi connectivity index (χ0v) is 18.0. The first-order chi connectivity index (χ1) is 15.7. The van der Waals surface area contributed by atoms with E-state index in [9.17, 15) is 4.79 Å². The van der Waals surface area contributed by atoms with Crippen LogP contribution in [0.25, 0.3) is 11.0 Å². The molecule has 2 aromatic heterocycles. The van der Waals surface area contributed by atoms with Gasteiger partial charge in [0.05, 0.1) is 11.6 Å². The van der Waals surface area contributed by atoms with Crippen molar-refractivity contribution in [1.29, 1.82) is 0 Å². The van der Waals surface area contributed by atoms with Crippen LogP contribution < -0.4 is 29.0 Å². The highest BCUT2D eigenvalue weighted by molar-refractivity contribution is 7.15. The second-order valence-electron chi connectivity index (χ2n) is 6.95. The van der Waals surface area contributed by atoms with Crippen LogP contribution in [0.1, 0.15) is 17.5 Å². The highest BCUT2D eigenvalue weighted by Crippen LogP contribution is 2.35. The number of hydrogen-bond acceptors (Lipinski definition) is 8. The predicted octanol–water partition coefficient (Wildman–Crippen LogP) is 2.78. The lowest BCUT2D eigenvalue weighted by molar-refractivity contribution is 0.0852. The average molecular weight is 449 g/mol. The molecule has 8 nitrogen and oxygen atoms in total. The third kappa shape index (κ3) is 3.67. The Kier molecular flexibility index (Phi) is 5.24. The van der Waals surface area contributed by atoms with Crippen molar-refractivity contribution in [2.24, 2.45) is 0 Å². The molecule has 2 aromatic carbocycles. The van der Waals surface area contributed by atoms with Gasteiger partial charge in [0.1, 0.15) is 13.2 Å². The van der Waals surface area contributed by atoms with E-state index >= 15 is 0 Å². The van der Waals surface area contributed by atoms with Gasteiger partial charge in [-0.25, -0.2) is 0 Å². The second kappa shape index (κ2) is 8.35. The van der Waals surface area contributed by atoms with Gasteiger partial charge in [0.25, 0.3) is 5.56 Å². The van der Waals surface area contributed by atoms with Gasteiger partial charge in [0.2, 0.25) is 4.96 Å². The summed E-state index contributed by atoms with van der Waals surface area (Å²) in [6, 6.07) is 12.9. The van der Waals surface area contributed by atoms with E-state index in [4.69, 9.17) is 18.9 Å². The van der Waals surface area contributed by atoms with Crippen LogP contribution >= 0.6 is 11.3 Å². The summed E-state index contributed by atoms with van der Waals surface area (Å²) in [6.07, 6.45) is 2.96. The van der Waals surface area contributed by atoms with Gasteiger partial charge in [-0.15, -0.1) is 5.10 Å². The maximum Gasteiger partial charge on any atom is 0.291 e. The van der Waals surface area contributed by atoms with E-state index in [1.54, 1.807) is 25.3 Å². The molecule has 0 unspecified atom stereocenters. The smallest absolute Gasteiger partial charge is 0.291 e. The van der Waals surface area contributed by atoms with Crippen molar-refractivity contribution in [3.8, 4) is 23.0 Å². The van der Waals surface area contributed by atoms with E-state index in [0.29, 0.717) is 44.9 Å². The van der Waals surface area contributed by atoms with E-state index in [0.717, 1.165) is 5.56 Å². The lowest BCUT2D eigenvalue weighted by Gasteiger charge is -2.24. The predicted molar refractivity (Wildman–Crippen MR) is 120 cm³/mol. The summed E-state index contributed by atoms with van der Waals surface area (Å²) in [5.74, 6) is 2.91. The topological polar surface area (TPSA) is 84.2 Å². The number of hydrogen-bond donors (Lipinski definition) is 0. The Bertz CT molecular complexity index is 1410. The molecule has 0 saturated heterocycles. The molecule has 1 aliphatic heterocycles. The molecule has 9 heteroatoms. The number of methoxy groups -OCH3 is 1. The number of nitrogens with zero attached hydrogens (tertiary/aromatic N) is 3. The van der Waals surface area contributed by atoms with Crippen molar-refractivity contribution >= 4 is 22.4 Å². The zero-order chi connectivity index (χ0) is 22.1. The first-order valence-corrected chi connectivity index (χ1v) is 10.7. The number of para-hydroxylation sites is 2. The molecule has 162 valence electrons. The van der Waals surface area contributed by atoms with Crippen molar-refractivity contribution in [2.75, 3.05) is 20.3 Å². The number of aromatic nitrogens is 3. The van der Waals surface area contributed by atoms with E-state index in [1.807, 2.05) is 36.4 Å². The number of ether oxygens (including phenoxy) is 4. The monoisotopic (exact) mass is 449 g/mol. The van der Waals surface area contributed by atoms with Gasteiger partial charge in [-0.2, -0.15) is 9.50 Å². The summed E-state index contributed by atoms with van der Waals surface area (Å²) in [6.45, 7) is 4.30. The quantitative estimate of drug-likeness (QED) is 0.419. The molecule has 0 spiro atoms. The van der Waals surface area contributed by atoms with E-state index in [-0.39, 0.29) is 12.2 Å². The van der Waals surface area contributed by atoms with Crippen LogP contribution in [0.3, 0.4) is 0 Å². The fourth-order valence-corrected chi connectivity index (χ4v) is 4.24. The average Bonchev–Trinajstić information content (AvgIpc) is 3.37. The molecular formula is C23H19N3O5S. The molecule has 0 N–H and O–H groups in total. The Morgan fingerprint density at radius 3 is 2.88 bits per heavy atom. The molecule has 0 saturated carbocycles. The summed E-state index contributed by atoms with van der Waals surface area (Å²) in [7, 11) is 1.57. The zero-order valence-electron chi connectivity index (χ0n) is 17.2. The van der Waals surface area contributed by atoms with Crippen molar-refractivity contribution in [2.45, 2.75) is 6.10 Å². The lowest BCUT2D eigenvalue weighted by atomic mass is 10.2. The molecule has 3 heterocycles. The summed E-state index contributed by atoms with van der Waals surface area (Å²) in [5.41, 5.74) is 0.557. The molecule has 0 radical (unpaired) electrons. The molecular weight excluding hydrogens is 430 g/mol. The lowest BCUT2D eigenvalue weighted by Crippen LogP contribution is -2.26. The van der Waals surface area contributed by atoms with Gasteiger partial charge in [-0.3, -0.25) is 4.79 Å². The molecule has 0 bridgehead atoms. The largest absolute Gasteiger partial charge is 0.493 e. The Morgan fingerprint density at radius 1 is 1.25 bits per heavy atom. The summed E-state index contributed by atoms with van der Waals surface area (Å²) in [5, 5.41) is 4.38. The molecule has 1 atom stereocenters. The minimum atomic E-state index is -0.476. The Balaban J connectivity index is 1.44. The van der Waals surface area contributed by atoms with Crippen LogP contribution in [0.2, 0.25) is 0 Å². The molecule has 4 aromatic rings. The first kappa shape index (κ1) is 20.1. The van der Waals surface area contributed by atoms with Gasteiger partial charge in [0.15, 0.2) is 34.9 Å². The fourth-order valence-electron chi connectivity index (χ4n) is 3.33. The summed E-state index contributed by atoms with van der Waals surface area (Å²) >= 11 is 1.26. The van der Waals surface area contributed by atoms with Crippen molar-refractivity contribution in [3.05, 3.63) is 81.4 Å². The van der Waals surface area contributed by atoms with Crippen LogP contribution in [0, 0.1) is 0 Å². The SMILES string of the molecule is C=CCOc1ccc(/C=c2\sc3nc([C@H]4COc5ccccc5O4)nn3c2=O)cc1OC. The van der Waals surface area contributed by atoms with Crippen LogP contribution in [-0.2, 0) is 0 Å². The summed E-state index contributed by atoms with van der Waals surface area (Å²) < 4.78 is 24.5. The molecule has 1 aliphatic rings. The van der Waals surface area contributed by atoms with Gasteiger partial charge in [-0.05, 0) is 35.9 Å². The number of benzene rings is 2. The van der Waals surface area contributed by atoms with Crippen LogP contribution in [-0.4, -0.2) is 34.9 Å². The number of rotatable bonds is 6. The molecule has 32 heavy (non-hydrogen) atoms. The second-order valence-corrected chi connectivity index (χ2v) is 7.96. The highest BCUT2D eigenvalue weighted by Gasteiger charge is 2.27. The van der Waals surface area contributed by atoms with Gasteiger partial charge >= 0.3 is 0 Å². The Hall–Kier alpha value is -3.85. The molecule has 0 amide bonds. The van der Waals surface area contributed by atoms with Crippen LogP contribution in [0.15, 0.2) is 59.9 Å². The first-order valence-electron chi connectivity index (χ1n) is 9.87. The fraction of sp³-hybridized carbons (Fsp3) is 0.174. The summed E-state index contributed by atoms with van der Waals surface area (Å²) in [4.78, 5) is 17.9. The molecule has 0 fully saturated rings. The van der Waals surface area contributed by atoms with Crippen molar-refractivity contribution in [3.63, 3.8) is 0 Å². The van der Waals surface area contributed by atoms with Gasteiger partial charge in [0, 0.05) is 0 Å². The maximum atomic E-state index is 12.9. The Labute approximate surface area is 186 Å². The van der Waals surface area contributed by atoms with Crippen LogP contribution in [0.4, 0.5) is 0 Å². The normalized spacial score (nSPS) is 15.7. The minimum absolute atomic E-state index is 0.244. The van der Waals surface area contributed by atoms with E-state index in [2.05, 4.69) is 16.7 Å². The number of thiazole rings is 1. The van der Waals surface area contributed by atoms with E-state index < -0.39 is 6.10 Å². The third-order valence-electron chi connectivity index (χ3n) is 4.84. The van der Waals surface area contributed by atoms with Gasteiger partial charge < -0.3 is 18.9 Å². The molecule has 5 rings (SSSR count). The molecule has 0 aliphatic carbocycles. The highest BCUT2D eigenvalue weighted by atomic mass is 32.1. The van der Waals surface area contributed by atoms with Gasteiger partial charge in [-0.1, -0.05) is 42.2 Å².